The second kappa shape index (κ2) is 6.52. The van der Waals surface area contributed by atoms with Crippen LogP contribution >= 0.6 is 0 Å². The van der Waals surface area contributed by atoms with Gasteiger partial charge in [0.05, 0.1) is 18.6 Å². The van der Waals surface area contributed by atoms with Gasteiger partial charge in [-0.1, -0.05) is 6.42 Å². The average molecular weight is 316 g/mol. The molecule has 23 heavy (non-hydrogen) atoms. The smallest absolute Gasteiger partial charge is 0.337 e. The van der Waals surface area contributed by atoms with Gasteiger partial charge in [0.2, 0.25) is 0 Å². The lowest BCUT2D eigenvalue weighted by atomic mass is 9.67. The summed E-state index contributed by atoms with van der Waals surface area (Å²) in [5.74, 6) is -0.110. The number of Topliss-reactive ketones (excluding diaryl/α,β-unsaturated/α-hetero) is 1. The first-order chi connectivity index (χ1) is 11.1. The van der Waals surface area contributed by atoms with Gasteiger partial charge in [0.25, 0.3) is 0 Å². The zero-order valence-corrected chi connectivity index (χ0v) is 13.1. The van der Waals surface area contributed by atoms with E-state index in [-0.39, 0.29) is 23.7 Å². The van der Waals surface area contributed by atoms with Crippen molar-refractivity contribution in [3.8, 4) is 5.75 Å². The van der Waals surface area contributed by atoms with Crippen LogP contribution in [0.2, 0.25) is 0 Å². The summed E-state index contributed by atoms with van der Waals surface area (Å²) in [6.45, 7) is 0. The van der Waals surface area contributed by atoms with E-state index in [4.69, 9.17) is 4.74 Å². The van der Waals surface area contributed by atoms with Gasteiger partial charge in [0, 0.05) is 11.8 Å². The molecule has 2 saturated carbocycles. The molecule has 0 N–H and O–H groups in total. The van der Waals surface area contributed by atoms with Crippen LogP contribution in [0.4, 0.5) is 0 Å². The Labute approximate surface area is 135 Å². The predicted molar refractivity (Wildman–Crippen MR) is 82.0 cm³/mol. The molecule has 122 valence electrons. The summed E-state index contributed by atoms with van der Waals surface area (Å²) in [5.41, 5.74) is 0.407. The molecule has 2 aliphatic rings. The van der Waals surface area contributed by atoms with Gasteiger partial charge < -0.3 is 9.47 Å². The fraction of sp³-hybridized carbons (Fsp3) is 0.500. The van der Waals surface area contributed by atoms with E-state index in [0.717, 1.165) is 19.3 Å². The Kier molecular flexibility index (Phi) is 4.46. The summed E-state index contributed by atoms with van der Waals surface area (Å²) in [5, 5.41) is 0. The van der Waals surface area contributed by atoms with Crippen LogP contribution in [0.1, 0.15) is 42.5 Å². The molecular weight excluding hydrogens is 296 g/mol. The van der Waals surface area contributed by atoms with Crippen molar-refractivity contribution >= 4 is 17.7 Å². The monoisotopic (exact) mass is 316 g/mol. The summed E-state index contributed by atoms with van der Waals surface area (Å²) in [4.78, 5) is 35.8. The van der Waals surface area contributed by atoms with Crippen LogP contribution in [-0.4, -0.2) is 24.8 Å². The van der Waals surface area contributed by atoms with E-state index in [0.29, 0.717) is 29.9 Å². The van der Waals surface area contributed by atoms with Crippen molar-refractivity contribution in [2.45, 2.75) is 32.1 Å². The first-order valence-electron chi connectivity index (χ1n) is 8.02. The van der Waals surface area contributed by atoms with E-state index < -0.39 is 5.97 Å². The normalized spacial score (nSPS) is 26.5. The number of hydrogen-bond acceptors (Lipinski definition) is 5. The third-order valence-corrected chi connectivity index (χ3v) is 4.88. The highest BCUT2D eigenvalue weighted by Crippen LogP contribution is 2.40. The van der Waals surface area contributed by atoms with Crippen molar-refractivity contribution in [1.29, 1.82) is 0 Å². The third-order valence-electron chi connectivity index (χ3n) is 4.88. The molecule has 1 aromatic rings. The number of carbonyl (C=O) groups excluding carboxylic acids is 3. The lowest BCUT2D eigenvalue weighted by Crippen LogP contribution is -2.40. The number of methoxy groups -OCH3 is 1. The summed E-state index contributed by atoms with van der Waals surface area (Å²) in [6.07, 6.45) is 4.08. The average Bonchev–Trinajstić information content (AvgIpc) is 2.54. The van der Waals surface area contributed by atoms with Crippen LogP contribution < -0.4 is 4.74 Å². The minimum absolute atomic E-state index is 0.0294. The van der Waals surface area contributed by atoms with E-state index in [1.165, 1.54) is 7.11 Å². The Bertz CT molecular complexity index is 603. The van der Waals surface area contributed by atoms with E-state index in [2.05, 4.69) is 4.74 Å². The first-order valence-corrected chi connectivity index (χ1v) is 8.02. The van der Waals surface area contributed by atoms with Gasteiger partial charge in [-0.25, -0.2) is 4.79 Å². The van der Waals surface area contributed by atoms with Crippen LogP contribution in [0.15, 0.2) is 24.3 Å². The second-order valence-corrected chi connectivity index (χ2v) is 6.33. The molecule has 2 bridgehead atoms. The third kappa shape index (κ3) is 3.28. The molecule has 0 heterocycles. The Morgan fingerprint density at radius 3 is 2.22 bits per heavy atom. The highest BCUT2D eigenvalue weighted by atomic mass is 16.5. The number of ketones is 1. The molecule has 0 aliphatic heterocycles. The largest absolute Gasteiger partial charge is 0.465 e. The Balaban J connectivity index is 1.63. The topological polar surface area (TPSA) is 69.7 Å². The second-order valence-electron chi connectivity index (χ2n) is 6.33. The van der Waals surface area contributed by atoms with Crippen molar-refractivity contribution < 1.29 is 23.9 Å². The molecular formula is C18H20O5. The van der Waals surface area contributed by atoms with E-state index in [9.17, 15) is 14.4 Å². The van der Waals surface area contributed by atoms with Crippen molar-refractivity contribution in [3.63, 3.8) is 0 Å². The molecule has 5 nitrogen and oxygen atoms in total. The standard InChI is InChI=1S/C18H20O5/c1-22-17(20)11-5-7-15(8-6-11)23-18(21)14-9-12-3-2-4-13(10-14)16(12)19/h5-8,12-14H,2-4,9-10H2,1H3/t12-,13-/m1/s1. The molecule has 0 aromatic heterocycles. The lowest BCUT2D eigenvalue weighted by molar-refractivity contribution is -0.145. The number of esters is 2. The highest BCUT2D eigenvalue weighted by molar-refractivity contribution is 5.90. The number of benzene rings is 1. The minimum Gasteiger partial charge on any atom is -0.465 e. The quantitative estimate of drug-likeness (QED) is 0.633. The van der Waals surface area contributed by atoms with Crippen LogP contribution in [0, 0.1) is 17.8 Å². The number of rotatable bonds is 3. The fourth-order valence-electron chi connectivity index (χ4n) is 3.65. The Hall–Kier alpha value is -2.17. The maximum atomic E-state index is 12.4. The summed E-state index contributed by atoms with van der Waals surface area (Å²) < 4.78 is 10.0. The van der Waals surface area contributed by atoms with Gasteiger partial charge in [0.15, 0.2) is 0 Å². The summed E-state index contributed by atoms with van der Waals surface area (Å²) >= 11 is 0. The number of carbonyl (C=O) groups is 3. The maximum absolute atomic E-state index is 12.4. The van der Waals surface area contributed by atoms with Crippen LogP contribution in [0.3, 0.4) is 0 Å². The van der Waals surface area contributed by atoms with E-state index in [1.54, 1.807) is 24.3 Å². The zero-order chi connectivity index (χ0) is 16.4. The molecule has 5 heteroatoms. The molecule has 0 saturated heterocycles. The van der Waals surface area contributed by atoms with E-state index in [1.807, 2.05) is 0 Å². The van der Waals surface area contributed by atoms with Gasteiger partial charge in [-0.05, 0) is 49.9 Å². The van der Waals surface area contributed by atoms with Crippen LogP contribution in [0.25, 0.3) is 0 Å². The van der Waals surface area contributed by atoms with Gasteiger partial charge in [-0.2, -0.15) is 0 Å². The van der Waals surface area contributed by atoms with Crippen LogP contribution in [-0.2, 0) is 14.3 Å². The molecule has 0 unspecified atom stereocenters. The lowest BCUT2D eigenvalue weighted by Gasteiger charge is -2.36. The van der Waals surface area contributed by atoms with Gasteiger partial charge in [-0.15, -0.1) is 0 Å². The molecule has 3 rings (SSSR count). The van der Waals surface area contributed by atoms with Crippen LogP contribution in [0.5, 0.6) is 5.75 Å². The molecule has 1 aromatic carbocycles. The van der Waals surface area contributed by atoms with Gasteiger partial charge in [-0.3, -0.25) is 9.59 Å². The maximum Gasteiger partial charge on any atom is 0.337 e. The molecule has 0 amide bonds. The minimum atomic E-state index is -0.429. The molecule has 2 atom stereocenters. The van der Waals surface area contributed by atoms with Crippen molar-refractivity contribution in [3.05, 3.63) is 29.8 Å². The first kappa shape index (κ1) is 15.7. The molecule has 2 fully saturated rings. The number of ether oxygens (including phenoxy) is 2. The van der Waals surface area contributed by atoms with Crippen molar-refractivity contribution in [2.24, 2.45) is 17.8 Å². The highest BCUT2D eigenvalue weighted by Gasteiger charge is 2.41. The molecule has 0 radical (unpaired) electrons. The molecule has 0 spiro atoms. The van der Waals surface area contributed by atoms with Gasteiger partial charge >= 0.3 is 11.9 Å². The number of hydrogen-bond donors (Lipinski definition) is 0. The zero-order valence-electron chi connectivity index (χ0n) is 13.1. The van der Waals surface area contributed by atoms with Crippen molar-refractivity contribution in [2.75, 3.05) is 7.11 Å². The molecule has 2 aliphatic carbocycles. The SMILES string of the molecule is COC(=O)c1ccc(OC(=O)C2C[C@H]3CCC[C@H](C2)C3=O)cc1. The van der Waals surface area contributed by atoms with E-state index >= 15 is 0 Å². The summed E-state index contributed by atoms with van der Waals surface area (Å²) in [7, 11) is 1.32. The number of fused-ring (bicyclic) bond motifs is 2. The fourth-order valence-corrected chi connectivity index (χ4v) is 3.65. The Morgan fingerprint density at radius 2 is 1.65 bits per heavy atom. The van der Waals surface area contributed by atoms with Crippen molar-refractivity contribution in [1.82, 2.24) is 0 Å². The predicted octanol–water partition coefficient (Wildman–Crippen LogP) is 2.77. The van der Waals surface area contributed by atoms with Gasteiger partial charge in [0.1, 0.15) is 11.5 Å². The Morgan fingerprint density at radius 1 is 1.04 bits per heavy atom. The summed E-state index contributed by atoms with van der Waals surface area (Å²) in [6, 6.07) is 6.29.